The fourth-order valence-electron chi connectivity index (χ4n) is 4.18. The van der Waals surface area contributed by atoms with E-state index in [0.717, 1.165) is 16.7 Å². The highest BCUT2D eigenvalue weighted by Gasteiger charge is 2.60. The molecule has 1 fully saturated rings. The van der Waals surface area contributed by atoms with Crippen molar-refractivity contribution in [2.45, 2.75) is 24.3 Å². The molecule has 0 aliphatic heterocycles. The van der Waals surface area contributed by atoms with Crippen molar-refractivity contribution in [2.75, 3.05) is 0 Å². The van der Waals surface area contributed by atoms with Crippen molar-refractivity contribution in [3.8, 4) is 0 Å². The molecule has 4 nitrogen and oxygen atoms in total. The molecule has 146 valence electrons. The van der Waals surface area contributed by atoms with E-state index in [9.17, 15) is 14.7 Å². The number of carbonyl (C=O) groups is 2. The van der Waals surface area contributed by atoms with Gasteiger partial charge in [0.1, 0.15) is 6.04 Å². The average molecular weight is 385 g/mol. The Hall–Kier alpha value is -3.40. The topological polar surface area (TPSA) is 66.4 Å². The molecule has 29 heavy (non-hydrogen) atoms. The smallest absolute Gasteiger partial charge is 0.326 e. The highest BCUT2D eigenvalue weighted by molar-refractivity contribution is 5.89. The molecule has 4 heteroatoms. The average Bonchev–Trinajstić information content (AvgIpc) is 3.52. The number of benzene rings is 3. The summed E-state index contributed by atoms with van der Waals surface area (Å²) in [5, 5.41) is 12.4. The number of hydrogen-bond donors (Lipinski definition) is 2. The van der Waals surface area contributed by atoms with Crippen molar-refractivity contribution in [3.63, 3.8) is 0 Å². The van der Waals surface area contributed by atoms with Crippen LogP contribution in [0, 0.1) is 5.92 Å². The monoisotopic (exact) mass is 385 g/mol. The minimum Gasteiger partial charge on any atom is -0.480 e. The standard InChI is InChI=1S/C25H23NO3/c27-23(26-22(24(28)29)16-18-10-4-1-5-11-18)21-17-25(21,19-12-6-2-7-13-19)20-14-8-3-9-15-20/h1-15,21-22H,16-17H2,(H,26,27)(H,28,29). The molecule has 0 radical (unpaired) electrons. The van der Waals surface area contributed by atoms with Gasteiger partial charge in [0.05, 0.1) is 5.92 Å². The Morgan fingerprint density at radius 1 is 0.862 bits per heavy atom. The normalized spacial score (nSPS) is 17.9. The molecule has 1 aliphatic carbocycles. The van der Waals surface area contributed by atoms with E-state index < -0.39 is 17.4 Å². The van der Waals surface area contributed by atoms with Crippen LogP contribution in [0.3, 0.4) is 0 Å². The summed E-state index contributed by atoms with van der Waals surface area (Å²) in [6.07, 6.45) is 0.933. The molecule has 0 heterocycles. The summed E-state index contributed by atoms with van der Waals surface area (Å²) in [6.45, 7) is 0. The molecule has 1 aliphatic rings. The molecular weight excluding hydrogens is 362 g/mol. The lowest BCUT2D eigenvalue weighted by atomic mass is 9.85. The summed E-state index contributed by atoms with van der Waals surface area (Å²) in [5.74, 6) is -1.51. The quantitative estimate of drug-likeness (QED) is 0.650. The van der Waals surface area contributed by atoms with Crippen molar-refractivity contribution < 1.29 is 14.7 Å². The largest absolute Gasteiger partial charge is 0.480 e. The number of aliphatic carboxylic acids is 1. The Morgan fingerprint density at radius 2 is 1.34 bits per heavy atom. The first-order valence-electron chi connectivity index (χ1n) is 9.79. The Morgan fingerprint density at radius 3 is 1.83 bits per heavy atom. The first kappa shape index (κ1) is 18.9. The van der Waals surface area contributed by atoms with E-state index in [2.05, 4.69) is 5.32 Å². The van der Waals surface area contributed by atoms with Crippen LogP contribution in [0.2, 0.25) is 0 Å². The van der Waals surface area contributed by atoms with Gasteiger partial charge >= 0.3 is 5.97 Å². The number of carbonyl (C=O) groups excluding carboxylic acids is 1. The Bertz CT molecular complexity index is 947. The van der Waals surface area contributed by atoms with Crippen molar-refractivity contribution in [2.24, 2.45) is 5.92 Å². The van der Waals surface area contributed by atoms with E-state index in [1.54, 1.807) is 0 Å². The van der Waals surface area contributed by atoms with Crippen molar-refractivity contribution >= 4 is 11.9 Å². The summed E-state index contributed by atoms with van der Waals surface area (Å²) in [7, 11) is 0. The maximum absolute atomic E-state index is 13.1. The molecule has 4 rings (SSSR count). The van der Waals surface area contributed by atoms with Crippen LogP contribution in [0.5, 0.6) is 0 Å². The summed E-state index contributed by atoms with van der Waals surface area (Å²) in [5.41, 5.74) is 2.65. The molecule has 2 atom stereocenters. The van der Waals surface area contributed by atoms with Crippen LogP contribution in [0.4, 0.5) is 0 Å². The maximum Gasteiger partial charge on any atom is 0.326 e. The van der Waals surface area contributed by atoms with Crippen molar-refractivity contribution in [1.29, 1.82) is 0 Å². The van der Waals surface area contributed by atoms with Gasteiger partial charge in [-0.1, -0.05) is 91.0 Å². The van der Waals surface area contributed by atoms with Gasteiger partial charge in [-0.25, -0.2) is 4.79 Å². The van der Waals surface area contributed by atoms with Gasteiger partial charge in [-0.2, -0.15) is 0 Å². The van der Waals surface area contributed by atoms with Gasteiger partial charge < -0.3 is 10.4 Å². The maximum atomic E-state index is 13.1. The summed E-state index contributed by atoms with van der Waals surface area (Å²) in [6, 6.07) is 28.4. The second kappa shape index (κ2) is 7.92. The number of carboxylic acid groups (broad SMARTS) is 1. The van der Waals surface area contributed by atoms with Crippen LogP contribution in [0.1, 0.15) is 23.1 Å². The number of nitrogens with one attached hydrogen (secondary N) is 1. The Labute approximate surface area is 170 Å². The number of hydrogen-bond acceptors (Lipinski definition) is 2. The summed E-state index contributed by atoms with van der Waals surface area (Å²) >= 11 is 0. The lowest BCUT2D eigenvalue weighted by molar-refractivity contribution is -0.142. The van der Waals surface area contributed by atoms with Gasteiger partial charge in [0.15, 0.2) is 0 Å². The summed E-state index contributed by atoms with van der Waals surface area (Å²) < 4.78 is 0. The van der Waals surface area contributed by atoms with E-state index in [1.807, 2.05) is 91.0 Å². The predicted molar refractivity (Wildman–Crippen MR) is 111 cm³/mol. The molecule has 0 bridgehead atoms. The molecule has 3 aromatic carbocycles. The third-order valence-electron chi connectivity index (χ3n) is 5.75. The molecule has 2 N–H and O–H groups in total. The Balaban J connectivity index is 1.57. The summed E-state index contributed by atoms with van der Waals surface area (Å²) in [4.78, 5) is 24.9. The highest BCUT2D eigenvalue weighted by atomic mass is 16.4. The van der Waals surface area contributed by atoms with E-state index in [0.29, 0.717) is 6.42 Å². The van der Waals surface area contributed by atoms with Gasteiger partial charge in [-0.15, -0.1) is 0 Å². The minimum absolute atomic E-state index is 0.207. The molecule has 0 spiro atoms. The fourth-order valence-corrected chi connectivity index (χ4v) is 4.18. The van der Waals surface area contributed by atoms with Crippen LogP contribution in [0.15, 0.2) is 91.0 Å². The van der Waals surface area contributed by atoms with Crippen molar-refractivity contribution in [3.05, 3.63) is 108 Å². The van der Waals surface area contributed by atoms with Gasteiger partial charge in [0.25, 0.3) is 0 Å². The minimum atomic E-state index is -1.02. The van der Waals surface area contributed by atoms with Gasteiger partial charge in [0, 0.05) is 11.8 Å². The van der Waals surface area contributed by atoms with Crippen LogP contribution in [0.25, 0.3) is 0 Å². The molecule has 0 saturated heterocycles. The van der Waals surface area contributed by atoms with Crippen LogP contribution < -0.4 is 5.32 Å². The molecule has 1 amide bonds. The van der Waals surface area contributed by atoms with E-state index in [4.69, 9.17) is 0 Å². The second-order valence-electron chi connectivity index (χ2n) is 7.55. The molecule has 1 saturated carbocycles. The van der Waals surface area contributed by atoms with E-state index in [1.165, 1.54) is 0 Å². The third kappa shape index (κ3) is 3.79. The third-order valence-corrected chi connectivity index (χ3v) is 5.75. The highest BCUT2D eigenvalue weighted by Crippen LogP contribution is 2.58. The van der Waals surface area contributed by atoms with E-state index in [-0.39, 0.29) is 18.2 Å². The first-order valence-corrected chi connectivity index (χ1v) is 9.79. The van der Waals surface area contributed by atoms with Gasteiger partial charge in [0.2, 0.25) is 5.91 Å². The zero-order chi connectivity index (χ0) is 20.3. The molecule has 3 aromatic rings. The fraction of sp³-hybridized carbons (Fsp3) is 0.200. The SMILES string of the molecule is O=C(O)C(Cc1ccccc1)NC(=O)C1CC1(c1ccccc1)c1ccccc1. The van der Waals surface area contributed by atoms with Gasteiger partial charge in [-0.05, 0) is 23.1 Å². The second-order valence-corrected chi connectivity index (χ2v) is 7.55. The number of amides is 1. The lowest BCUT2D eigenvalue weighted by Gasteiger charge is -2.20. The van der Waals surface area contributed by atoms with E-state index >= 15 is 0 Å². The predicted octanol–water partition coefficient (Wildman–Crippen LogP) is 3.80. The number of carboxylic acids is 1. The Kier molecular flexibility index (Phi) is 5.17. The van der Waals surface area contributed by atoms with Crippen LogP contribution >= 0.6 is 0 Å². The zero-order valence-corrected chi connectivity index (χ0v) is 16.0. The molecule has 2 unspecified atom stereocenters. The lowest BCUT2D eigenvalue weighted by Crippen LogP contribution is -2.44. The van der Waals surface area contributed by atoms with Gasteiger partial charge in [-0.3, -0.25) is 4.79 Å². The van der Waals surface area contributed by atoms with Crippen molar-refractivity contribution in [1.82, 2.24) is 5.32 Å². The van der Waals surface area contributed by atoms with Crippen LogP contribution in [-0.2, 0) is 21.4 Å². The van der Waals surface area contributed by atoms with Crippen LogP contribution in [-0.4, -0.2) is 23.0 Å². The zero-order valence-electron chi connectivity index (χ0n) is 16.0. The number of rotatable bonds is 7. The molecular formula is C25H23NO3. The first-order chi connectivity index (χ1) is 14.1. The molecule has 0 aromatic heterocycles.